The largest absolute Gasteiger partial charge is 0.361 e. The van der Waals surface area contributed by atoms with E-state index in [-0.39, 0.29) is 5.92 Å². The smallest absolute Gasteiger partial charge is 0.133 e. The number of fused-ring (bicyclic) bond motifs is 1. The lowest BCUT2D eigenvalue weighted by atomic mass is 9.86. The Labute approximate surface area is 124 Å². The first-order valence-corrected chi connectivity index (χ1v) is 7.42. The van der Waals surface area contributed by atoms with Gasteiger partial charge in [0, 0.05) is 35.9 Å². The molecule has 0 fully saturated rings. The third kappa shape index (κ3) is 2.75. The van der Waals surface area contributed by atoms with Crippen LogP contribution in [0.2, 0.25) is 0 Å². The molecular formula is C19H19NO. The number of carbonyl (C=O) groups is 1. The van der Waals surface area contributed by atoms with E-state index in [9.17, 15) is 4.79 Å². The van der Waals surface area contributed by atoms with Gasteiger partial charge in [0.05, 0.1) is 0 Å². The van der Waals surface area contributed by atoms with Crippen LogP contribution in [0.1, 0.15) is 36.8 Å². The highest BCUT2D eigenvalue weighted by Gasteiger charge is 2.20. The lowest BCUT2D eigenvalue weighted by Crippen LogP contribution is -2.07. The van der Waals surface area contributed by atoms with E-state index in [0.29, 0.717) is 18.6 Å². The van der Waals surface area contributed by atoms with Crippen molar-refractivity contribution in [1.82, 2.24) is 4.98 Å². The van der Waals surface area contributed by atoms with Gasteiger partial charge in [0.25, 0.3) is 0 Å². The fourth-order valence-electron chi connectivity index (χ4n) is 2.85. The molecule has 2 nitrogen and oxygen atoms in total. The molecule has 21 heavy (non-hydrogen) atoms. The number of aromatic amines is 1. The average Bonchev–Trinajstić information content (AvgIpc) is 2.97. The van der Waals surface area contributed by atoms with Crippen LogP contribution in [0.4, 0.5) is 0 Å². The highest BCUT2D eigenvalue weighted by atomic mass is 16.1. The minimum atomic E-state index is 0.120. The van der Waals surface area contributed by atoms with Gasteiger partial charge in [-0.1, -0.05) is 55.5 Å². The van der Waals surface area contributed by atoms with Gasteiger partial charge < -0.3 is 4.98 Å². The minimum absolute atomic E-state index is 0.120. The predicted molar refractivity (Wildman–Crippen MR) is 86.5 cm³/mol. The molecule has 0 aliphatic rings. The van der Waals surface area contributed by atoms with Crippen molar-refractivity contribution in [2.75, 3.05) is 0 Å². The molecule has 0 unspecified atom stereocenters. The summed E-state index contributed by atoms with van der Waals surface area (Å²) in [4.78, 5) is 15.3. The fraction of sp³-hybridized carbons (Fsp3) is 0.211. The topological polar surface area (TPSA) is 32.9 Å². The van der Waals surface area contributed by atoms with E-state index in [4.69, 9.17) is 0 Å². The molecule has 0 saturated carbocycles. The van der Waals surface area contributed by atoms with Crippen molar-refractivity contribution in [3.05, 3.63) is 71.9 Å². The number of aromatic nitrogens is 1. The molecule has 1 heterocycles. The Kier molecular flexibility index (Phi) is 3.87. The van der Waals surface area contributed by atoms with E-state index in [2.05, 4.69) is 29.2 Å². The Hall–Kier alpha value is -2.35. The Morgan fingerprint density at radius 2 is 1.76 bits per heavy atom. The predicted octanol–water partition coefficient (Wildman–Crippen LogP) is 4.67. The highest BCUT2D eigenvalue weighted by molar-refractivity contribution is 5.86. The van der Waals surface area contributed by atoms with Gasteiger partial charge >= 0.3 is 0 Å². The first kappa shape index (κ1) is 13.6. The maximum absolute atomic E-state index is 12.0. The standard InChI is InChI=1S/C19H19NO/c1-2-15(21)12-17(14-8-4-3-5-9-14)18-13-20-19-11-7-6-10-16(18)19/h3-11,13,17,20H,2,12H2,1H3/t17-/m1/s1. The second-order valence-corrected chi connectivity index (χ2v) is 5.35. The lowest BCUT2D eigenvalue weighted by Gasteiger charge is -2.16. The average molecular weight is 277 g/mol. The molecule has 1 aromatic heterocycles. The summed E-state index contributed by atoms with van der Waals surface area (Å²) in [7, 11) is 0. The Bertz CT molecular complexity index is 742. The van der Waals surface area contributed by atoms with Crippen molar-refractivity contribution in [3.8, 4) is 0 Å². The van der Waals surface area contributed by atoms with Gasteiger partial charge in [-0.2, -0.15) is 0 Å². The summed E-state index contributed by atoms with van der Waals surface area (Å²) >= 11 is 0. The number of ketones is 1. The molecule has 1 N–H and O–H groups in total. The number of H-pyrrole nitrogens is 1. The summed E-state index contributed by atoms with van der Waals surface area (Å²) < 4.78 is 0. The molecule has 3 aromatic rings. The third-order valence-corrected chi connectivity index (χ3v) is 4.02. The molecule has 0 saturated heterocycles. The summed E-state index contributed by atoms with van der Waals surface area (Å²) in [6.07, 6.45) is 3.19. The molecule has 1 atom stereocenters. The van der Waals surface area contributed by atoms with E-state index in [0.717, 1.165) is 5.52 Å². The van der Waals surface area contributed by atoms with Crippen molar-refractivity contribution in [1.29, 1.82) is 0 Å². The highest BCUT2D eigenvalue weighted by Crippen LogP contribution is 2.33. The van der Waals surface area contributed by atoms with Crippen molar-refractivity contribution in [2.24, 2.45) is 0 Å². The fourth-order valence-corrected chi connectivity index (χ4v) is 2.85. The van der Waals surface area contributed by atoms with E-state index in [1.165, 1.54) is 16.5 Å². The number of benzene rings is 2. The van der Waals surface area contributed by atoms with Crippen molar-refractivity contribution < 1.29 is 4.79 Å². The zero-order valence-corrected chi connectivity index (χ0v) is 12.2. The number of nitrogens with one attached hydrogen (secondary N) is 1. The summed E-state index contributed by atoms with van der Waals surface area (Å²) in [6.45, 7) is 1.93. The van der Waals surface area contributed by atoms with E-state index in [1.807, 2.05) is 43.5 Å². The second kappa shape index (κ2) is 5.96. The molecule has 106 valence electrons. The van der Waals surface area contributed by atoms with Crippen molar-refractivity contribution >= 4 is 16.7 Å². The van der Waals surface area contributed by atoms with Gasteiger partial charge in [-0.05, 0) is 17.2 Å². The zero-order chi connectivity index (χ0) is 14.7. The quantitative estimate of drug-likeness (QED) is 0.722. The van der Waals surface area contributed by atoms with E-state index < -0.39 is 0 Å². The molecule has 0 amide bonds. The van der Waals surface area contributed by atoms with Gasteiger partial charge in [0.1, 0.15) is 5.78 Å². The summed E-state index contributed by atoms with van der Waals surface area (Å²) in [5.41, 5.74) is 3.53. The molecule has 0 aliphatic carbocycles. The molecule has 0 radical (unpaired) electrons. The van der Waals surface area contributed by atoms with E-state index in [1.54, 1.807) is 0 Å². The second-order valence-electron chi connectivity index (χ2n) is 5.35. The van der Waals surface area contributed by atoms with Crippen LogP contribution in [-0.2, 0) is 4.79 Å². The Morgan fingerprint density at radius 3 is 2.52 bits per heavy atom. The van der Waals surface area contributed by atoms with Gasteiger partial charge in [0.2, 0.25) is 0 Å². The maximum atomic E-state index is 12.0. The summed E-state index contributed by atoms with van der Waals surface area (Å²) in [5.74, 6) is 0.420. The van der Waals surface area contributed by atoms with Crippen LogP contribution in [0.25, 0.3) is 10.9 Å². The molecule has 0 spiro atoms. The molecule has 2 heteroatoms. The first-order chi connectivity index (χ1) is 10.3. The number of Topliss-reactive ketones (excluding diaryl/α,β-unsaturated/α-hetero) is 1. The van der Waals surface area contributed by atoms with E-state index >= 15 is 0 Å². The van der Waals surface area contributed by atoms with Gasteiger partial charge in [-0.3, -0.25) is 4.79 Å². The molecular weight excluding hydrogens is 258 g/mol. The molecule has 2 aromatic carbocycles. The third-order valence-electron chi connectivity index (χ3n) is 4.02. The number of hydrogen-bond acceptors (Lipinski definition) is 1. The lowest BCUT2D eigenvalue weighted by molar-refractivity contribution is -0.118. The minimum Gasteiger partial charge on any atom is -0.361 e. The maximum Gasteiger partial charge on any atom is 0.133 e. The van der Waals surface area contributed by atoms with Gasteiger partial charge in [-0.15, -0.1) is 0 Å². The molecule has 0 bridgehead atoms. The van der Waals surface area contributed by atoms with Crippen LogP contribution in [-0.4, -0.2) is 10.8 Å². The van der Waals surface area contributed by atoms with Crippen molar-refractivity contribution in [2.45, 2.75) is 25.7 Å². The number of para-hydroxylation sites is 1. The van der Waals surface area contributed by atoms with Crippen LogP contribution in [0, 0.1) is 0 Å². The SMILES string of the molecule is CCC(=O)C[C@H](c1ccccc1)c1c[nH]c2ccccc12. The molecule has 0 aliphatic heterocycles. The van der Waals surface area contributed by atoms with Gasteiger partial charge in [-0.25, -0.2) is 0 Å². The van der Waals surface area contributed by atoms with Crippen LogP contribution in [0.5, 0.6) is 0 Å². The first-order valence-electron chi connectivity index (χ1n) is 7.42. The number of carbonyl (C=O) groups excluding carboxylic acids is 1. The van der Waals surface area contributed by atoms with Gasteiger partial charge in [0.15, 0.2) is 0 Å². The molecule has 3 rings (SSSR count). The number of hydrogen-bond donors (Lipinski definition) is 1. The van der Waals surface area contributed by atoms with Crippen LogP contribution >= 0.6 is 0 Å². The monoisotopic (exact) mass is 277 g/mol. The summed E-state index contributed by atoms with van der Waals surface area (Å²) in [5, 5.41) is 1.20. The Balaban J connectivity index is 2.08. The van der Waals surface area contributed by atoms with Crippen LogP contribution in [0.3, 0.4) is 0 Å². The normalized spacial score (nSPS) is 12.4. The number of rotatable bonds is 5. The van der Waals surface area contributed by atoms with Crippen LogP contribution in [0.15, 0.2) is 60.8 Å². The summed E-state index contributed by atoms with van der Waals surface area (Å²) in [6, 6.07) is 18.6. The van der Waals surface area contributed by atoms with Crippen molar-refractivity contribution in [3.63, 3.8) is 0 Å². The zero-order valence-electron chi connectivity index (χ0n) is 12.2. The Morgan fingerprint density at radius 1 is 1.05 bits per heavy atom. The van der Waals surface area contributed by atoms with Crippen LogP contribution < -0.4 is 0 Å².